The van der Waals surface area contributed by atoms with Gasteiger partial charge in [0, 0.05) is 25.4 Å². The van der Waals surface area contributed by atoms with Gasteiger partial charge in [-0.3, -0.25) is 10.3 Å². The van der Waals surface area contributed by atoms with E-state index in [2.05, 4.69) is 20.7 Å². The third kappa shape index (κ3) is 4.57. The molecule has 0 aliphatic carbocycles. The van der Waals surface area contributed by atoms with Crippen LogP contribution in [0.5, 0.6) is 0 Å². The number of carbonyl (C=O) groups excluding carboxylic acids is 1. The number of carbonyl (C=O) groups is 1. The second-order valence-electron chi connectivity index (χ2n) is 4.61. The molecule has 7 nitrogen and oxygen atoms in total. The Bertz CT molecular complexity index is 582. The highest BCUT2D eigenvalue weighted by molar-refractivity contribution is 5.88. The summed E-state index contributed by atoms with van der Waals surface area (Å²) in [7, 11) is 0. The Morgan fingerprint density at radius 3 is 3.00 bits per heavy atom. The van der Waals surface area contributed by atoms with E-state index in [1.807, 2.05) is 25.1 Å². The highest BCUT2D eigenvalue weighted by Gasteiger charge is 2.09. The van der Waals surface area contributed by atoms with Gasteiger partial charge in [0.05, 0.1) is 17.9 Å². The number of hydrogen-bond acceptors (Lipinski definition) is 4. The molecule has 7 heteroatoms. The van der Waals surface area contributed by atoms with Gasteiger partial charge in [0.25, 0.3) is 0 Å². The van der Waals surface area contributed by atoms with Crippen molar-refractivity contribution in [2.45, 2.75) is 19.9 Å². The maximum absolute atomic E-state index is 11.7. The van der Waals surface area contributed by atoms with Crippen LogP contribution in [0.15, 0.2) is 30.5 Å². The molecule has 0 unspecified atom stereocenters. The molecule has 0 spiro atoms. The Hall–Kier alpha value is -2.41. The number of aliphatic hydroxyl groups excluding tert-OH is 1. The minimum absolute atomic E-state index is 0.0526. The van der Waals surface area contributed by atoms with Crippen LogP contribution < -0.4 is 10.6 Å². The number of urea groups is 1. The molecular weight excluding hydrogens is 270 g/mol. The normalized spacial score (nSPS) is 10.4. The fraction of sp³-hybridized carbons (Fsp3) is 0.357. The molecular formula is C14H19N5O2. The van der Waals surface area contributed by atoms with Crippen LogP contribution in [0.25, 0.3) is 0 Å². The maximum atomic E-state index is 11.7. The first-order valence-electron chi connectivity index (χ1n) is 6.79. The van der Waals surface area contributed by atoms with Crippen LogP contribution in [0.4, 0.5) is 10.6 Å². The van der Waals surface area contributed by atoms with Crippen LogP contribution in [0, 0.1) is 6.92 Å². The molecule has 21 heavy (non-hydrogen) atoms. The number of aliphatic hydroxyl groups is 1. The standard InChI is InChI=1S/C14H19N5O2/c1-11-9-13(17-14(21)16-7-4-8-20)19(18-11)10-12-5-2-3-6-15-12/h2-3,5-6,9,20H,4,7-8,10H2,1H3,(H2,16,17,21). The zero-order valence-corrected chi connectivity index (χ0v) is 11.9. The van der Waals surface area contributed by atoms with Gasteiger partial charge in [-0.1, -0.05) is 6.07 Å². The predicted molar refractivity (Wildman–Crippen MR) is 79.0 cm³/mol. The van der Waals surface area contributed by atoms with Crippen LogP contribution in [0.1, 0.15) is 17.8 Å². The summed E-state index contributed by atoms with van der Waals surface area (Å²) in [6.07, 6.45) is 2.25. The van der Waals surface area contributed by atoms with Crippen molar-refractivity contribution in [3.8, 4) is 0 Å². The second-order valence-corrected chi connectivity index (χ2v) is 4.61. The lowest BCUT2D eigenvalue weighted by molar-refractivity contribution is 0.248. The lowest BCUT2D eigenvalue weighted by Gasteiger charge is -2.09. The molecule has 0 saturated carbocycles. The number of anilines is 1. The Labute approximate surface area is 123 Å². The van der Waals surface area contributed by atoms with E-state index in [0.29, 0.717) is 25.3 Å². The van der Waals surface area contributed by atoms with Gasteiger partial charge in [-0.05, 0) is 25.5 Å². The highest BCUT2D eigenvalue weighted by atomic mass is 16.3. The van der Waals surface area contributed by atoms with Gasteiger partial charge in [-0.2, -0.15) is 5.10 Å². The zero-order chi connectivity index (χ0) is 15.1. The number of amides is 2. The first kappa shape index (κ1) is 15.0. The molecule has 2 rings (SSSR count). The fourth-order valence-electron chi connectivity index (χ4n) is 1.85. The lowest BCUT2D eigenvalue weighted by Crippen LogP contribution is -2.31. The van der Waals surface area contributed by atoms with Gasteiger partial charge in [0.15, 0.2) is 0 Å². The summed E-state index contributed by atoms with van der Waals surface area (Å²) < 4.78 is 1.70. The molecule has 0 fully saturated rings. The van der Waals surface area contributed by atoms with E-state index in [-0.39, 0.29) is 12.6 Å². The number of hydrogen-bond donors (Lipinski definition) is 3. The summed E-state index contributed by atoms with van der Waals surface area (Å²) in [5.74, 6) is 0.611. The monoisotopic (exact) mass is 289 g/mol. The van der Waals surface area contributed by atoms with Crippen LogP contribution in [0.3, 0.4) is 0 Å². The minimum Gasteiger partial charge on any atom is -0.396 e. The molecule has 0 aromatic carbocycles. The van der Waals surface area contributed by atoms with E-state index in [1.54, 1.807) is 16.9 Å². The molecule has 0 aliphatic heterocycles. The minimum atomic E-state index is -0.314. The Morgan fingerprint density at radius 2 is 2.29 bits per heavy atom. The van der Waals surface area contributed by atoms with E-state index in [0.717, 1.165) is 11.4 Å². The highest BCUT2D eigenvalue weighted by Crippen LogP contribution is 2.11. The third-order valence-electron chi connectivity index (χ3n) is 2.80. The summed E-state index contributed by atoms with van der Waals surface area (Å²) in [4.78, 5) is 16.0. The lowest BCUT2D eigenvalue weighted by atomic mass is 10.3. The number of rotatable bonds is 6. The molecule has 0 aliphatic rings. The van der Waals surface area contributed by atoms with Crippen molar-refractivity contribution < 1.29 is 9.90 Å². The second kappa shape index (κ2) is 7.39. The largest absolute Gasteiger partial charge is 0.396 e. The van der Waals surface area contributed by atoms with Gasteiger partial charge in [-0.15, -0.1) is 0 Å². The first-order chi connectivity index (χ1) is 10.2. The molecule has 2 aromatic rings. The molecule has 2 amide bonds. The summed E-state index contributed by atoms with van der Waals surface area (Å²) in [6.45, 7) is 2.83. The maximum Gasteiger partial charge on any atom is 0.320 e. The average molecular weight is 289 g/mol. The molecule has 0 radical (unpaired) electrons. The van der Waals surface area contributed by atoms with Crippen molar-refractivity contribution in [3.63, 3.8) is 0 Å². The van der Waals surface area contributed by atoms with Gasteiger partial charge in [0.1, 0.15) is 5.82 Å². The number of pyridine rings is 1. The SMILES string of the molecule is Cc1cc(NC(=O)NCCCO)n(Cc2ccccn2)n1. The molecule has 2 aromatic heterocycles. The predicted octanol–water partition coefficient (Wildman–Crippen LogP) is 1.14. The van der Waals surface area contributed by atoms with Crippen molar-refractivity contribution in [1.82, 2.24) is 20.1 Å². The van der Waals surface area contributed by atoms with Crippen molar-refractivity contribution in [2.75, 3.05) is 18.5 Å². The Balaban J connectivity index is 2.01. The van der Waals surface area contributed by atoms with Crippen molar-refractivity contribution in [1.29, 1.82) is 0 Å². The molecule has 0 saturated heterocycles. The summed E-state index contributed by atoms with van der Waals surface area (Å²) >= 11 is 0. The first-order valence-corrected chi connectivity index (χ1v) is 6.79. The van der Waals surface area contributed by atoms with E-state index in [4.69, 9.17) is 5.11 Å². The Kier molecular flexibility index (Phi) is 5.28. The van der Waals surface area contributed by atoms with Crippen LogP contribution in [-0.4, -0.2) is 39.1 Å². The summed E-state index contributed by atoms with van der Waals surface area (Å²) in [6, 6.07) is 7.15. The summed E-state index contributed by atoms with van der Waals surface area (Å²) in [5, 5.41) is 18.5. The molecule has 2 heterocycles. The van der Waals surface area contributed by atoms with Crippen molar-refractivity contribution in [3.05, 3.63) is 41.9 Å². The third-order valence-corrected chi connectivity index (χ3v) is 2.80. The fourth-order valence-corrected chi connectivity index (χ4v) is 1.85. The van der Waals surface area contributed by atoms with Crippen molar-refractivity contribution >= 4 is 11.8 Å². The van der Waals surface area contributed by atoms with Crippen LogP contribution in [-0.2, 0) is 6.54 Å². The van der Waals surface area contributed by atoms with E-state index < -0.39 is 0 Å². The zero-order valence-electron chi connectivity index (χ0n) is 11.9. The quantitative estimate of drug-likeness (QED) is 0.695. The van der Waals surface area contributed by atoms with Gasteiger partial charge >= 0.3 is 6.03 Å². The van der Waals surface area contributed by atoms with Crippen molar-refractivity contribution in [2.24, 2.45) is 0 Å². The smallest absolute Gasteiger partial charge is 0.320 e. The molecule has 0 bridgehead atoms. The number of nitrogens with one attached hydrogen (secondary N) is 2. The number of aryl methyl sites for hydroxylation is 1. The van der Waals surface area contributed by atoms with Crippen LogP contribution >= 0.6 is 0 Å². The van der Waals surface area contributed by atoms with Gasteiger partial charge in [0.2, 0.25) is 0 Å². The molecule has 112 valence electrons. The average Bonchev–Trinajstić information content (AvgIpc) is 2.80. The van der Waals surface area contributed by atoms with E-state index in [1.165, 1.54) is 0 Å². The van der Waals surface area contributed by atoms with E-state index >= 15 is 0 Å². The number of aromatic nitrogens is 3. The van der Waals surface area contributed by atoms with E-state index in [9.17, 15) is 4.79 Å². The summed E-state index contributed by atoms with van der Waals surface area (Å²) in [5.41, 5.74) is 1.68. The Morgan fingerprint density at radius 1 is 1.43 bits per heavy atom. The topological polar surface area (TPSA) is 92.1 Å². The molecule has 3 N–H and O–H groups in total. The van der Waals surface area contributed by atoms with Gasteiger partial charge in [-0.25, -0.2) is 9.48 Å². The number of nitrogens with zero attached hydrogens (tertiary/aromatic N) is 3. The van der Waals surface area contributed by atoms with Gasteiger partial charge < -0.3 is 10.4 Å². The molecule has 0 atom stereocenters. The van der Waals surface area contributed by atoms with Crippen LogP contribution in [0.2, 0.25) is 0 Å².